The Morgan fingerprint density at radius 1 is 1.15 bits per heavy atom. The molecule has 2 fully saturated rings. The van der Waals surface area contributed by atoms with Crippen LogP contribution in [0.1, 0.15) is 86.2 Å². The molecule has 182 valence electrons. The summed E-state index contributed by atoms with van der Waals surface area (Å²) in [6.45, 7) is 8.17. The van der Waals surface area contributed by atoms with Crippen LogP contribution in [-0.4, -0.2) is 81.6 Å². The molecule has 9 nitrogen and oxygen atoms in total. The number of likely N-dealkylation sites (N-methyl/N-ethyl adjacent to an activating group) is 1. The summed E-state index contributed by atoms with van der Waals surface area (Å²) < 4.78 is 1.53. The van der Waals surface area contributed by atoms with Crippen molar-refractivity contribution in [2.75, 3.05) is 32.7 Å². The zero-order valence-corrected chi connectivity index (χ0v) is 20.1. The van der Waals surface area contributed by atoms with Gasteiger partial charge in [0.25, 0.3) is 11.8 Å². The molecule has 0 unspecified atom stereocenters. The van der Waals surface area contributed by atoms with Crippen LogP contribution in [0.5, 0.6) is 0 Å². The summed E-state index contributed by atoms with van der Waals surface area (Å²) in [7, 11) is 0. The number of fused-ring (bicyclic) bond motifs is 1. The van der Waals surface area contributed by atoms with Crippen LogP contribution in [0.4, 0.5) is 0 Å². The van der Waals surface area contributed by atoms with Gasteiger partial charge in [0.15, 0.2) is 5.69 Å². The molecule has 2 N–H and O–H groups in total. The highest BCUT2D eigenvalue weighted by Crippen LogP contribution is 2.28. The van der Waals surface area contributed by atoms with E-state index in [2.05, 4.69) is 20.6 Å². The Morgan fingerprint density at radius 3 is 2.58 bits per heavy atom. The van der Waals surface area contributed by atoms with E-state index in [-0.39, 0.29) is 36.0 Å². The molecular weight excluding hydrogens is 420 g/mol. The monoisotopic (exact) mass is 458 g/mol. The highest BCUT2D eigenvalue weighted by Gasteiger charge is 2.48. The van der Waals surface area contributed by atoms with E-state index in [1.165, 1.54) is 23.9 Å². The Kier molecular flexibility index (Phi) is 7.36. The Labute approximate surface area is 196 Å². The molecule has 1 saturated heterocycles. The second kappa shape index (κ2) is 10.2. The Balaban J connectivity index is 1.39. The number of carbonyl (C=O) groups excluding carboxylic acids is 3. The third-order valence-corrected chi connectivity index (χ3v) is 7.41. The summed E-state index contributed by atoms with van der Waals surface area (Å²) in [5, 5.41) is 10.5. The number of piperidine rings is 1. The summed E-state index contributed by atoms with van der Waals surface area (Å²) in [6, 6.07) is 1.73. The number of aromatic nitrogens is 2. The fourth-order valence-corrected chi connectivity index (χ4v) is 5.44. The SMILES string of the molecule is CCN1C(=O)c2cc(C(=O)NCCCN3CCCCC3)nn2C[C@]1(C)C(=O)NC1CCCC1. The van der Waals surface area contributed by atoms with Crippen LogP contribution in [0.25, 0.3) is 0 Å². The zero-order chi connectivity index (χ0) is 23.4. The molecule has 1 aromatic rings. The summed E-state index contributed by atoms with van der Waals surface area (Å²) in [4.78, 5) is 43.2. The fourth-order valence-electron chi connectivity index (χ4n) is 5.44. The summed E-state index contributed by atoms with van der Waals surface area (Å²) in [5.74, 6) is -0.678. The van der Waals surface area contributed by atoms with Gasteiger partial charge in [-0.1, -0.05) is 19.3 Å². The molecule has 0 aromatic carbocycles. The van der Waals surface area contributed by atoms with Crippen LogP contribution in [-0.2, 0) is 11.3 Å². The van der Waals surface area contributed by atoms with Gasteiger partial charge >= 0.3 is 0 Å². The van der Waals surface area contributed by atoms with E-state index < -0.39 is 5.54 Å². The van der Waals surface area contributed by atoms with Crippen molar-refractivity contribution >= 4 is 17.7 Å². The normalized spacial score (nSPS) is 24.1. The minimum Gasteiger partial charge on any atom is -0.351 e. The zero-order valence-electron chi connectivity index (χ0n) is 20.1. The van der Waals surface area contributed by atoms with Gasteiger partial charge in [0.2, 0.25) is 5.91 Å². The molecule has 1 saturated carbocycles. The molecule has 3 heterocycles. The van der Waals surface area contributed by atoms with E-state index in [4.69, 9.17) is 0 Å². The maximum absolute atomic E-state index is 13.2. The maximum atomic E-state index is 13.2. The summed E-state index contributed by atoms with van der Waals surface area (Å²) >= 11 is 0. The molecule has 3 amide bonds. The lowest BCUT2D eigenvalue weighted by molar-refractivity contribution is -0.133. The highest BCUT2D eigenvalue weighted by atomic mass is 16.2. The minimum absolute atomic E-state index is 0.144. The van der Waals surface area contributed by atoms with Crippen LogP contribution in [0.2, 0.25) is 0 Å². The predicted octanol–water partition coefficient (Wildman–Crippen LogP) is 1.78. The van der Waals surface area contributed by atoms with Gasteiger partial charge in [-0.2, -0.15) is 5.10 Å². The number of hydrogen-bond acceptors (Lipinski definition) is 5. The van der Waals surface area contributed by atoms with Gasteiger partial charge in [-0.05, 0) is 65.6 Å². The average Bonchev–Trinajstić information content (AvgIpc) is 3.47. The molecule has 1 atom stereocenters. The van der Waals surface area contributed by atoms with E-state index >= 15 is 0 Å². The average molecular weight is 459 g/mol. The van der Waals surface area contributed by atoms with E-state index in [9.17, 15) is 14.4 Å². The summed E-state index contributed by atoms with van der Waals surface area (Å²) in [5.41, 5.74) is -0.440. The summed E-state index contributed by atoms with van der Waals surface area (Å²) in [6.07, 6.45) is 8.93. The van der Waals surface area contributed by atoms with Crippen LogP contribution < -0.4 is 10.6 Å². The van der Waals surface area contributed by atoms with Gasteiger partial charge in [-0.15, -0.1) is 0 Å². The van der Waals surface area contributed by atoms with E-state index in [1.807, 2.05) is 6.92 Å². The second-order valence-corrected chi connectivity index (χ2v) is 9.86. The van der Waals surface area contributed by atoms with E-state index in [0.29, 0.717) is 18.8 Å². The van der Waals surface area contributed by atoms with Gasteiger partial charge in [-0.25, -0.2) is 0 Å². The number of hydrogen-bond donors (Lipinski definition) is 2. The van der Waals surface area contributed by atoms with Crippen molar-refractivity contribution in [3.05, 3.63) is 17.5 Å². The molecule has 3 aliphatic rings. The number of carbonyl (C=O) groups is 3. The van der Waals surface area contributed by atoms with Crippen molar-refractivity contribution in [3.63, 3.8) is 0 Å². The number of rotatable bonds is 8. The van der Waals surface area contributed by atoms with Crippen molar-refractivity contribution in [2.24, 2.45) is 0 Å². The maximum Gasteiger partial charge on any atom is 0.273 e. The van der Waals surface area contributed by atoms with Gasteiger partial charge in [0.05, 0.1) is 6.54 Å². The van der Waals surface area contributed by atoms with Gasteiger partial charge in [0, 0.05) is 25.2 Å². The molecule has 1 aliphatic carbocycles. The first kappa shape index (κ1) is 23.7. The van der Waals surface area contributed by atoms with E-state index in [1.54, 1.807) is 17.9 Å². The Hall–Kier alpha value is -2.42. The molecule has 33 heavy (non-hydrogen) atoms. The van der Waals surface area contributed by atoms with Crippen LogP contribution in [0, 0.1) is 0 Å². The molecular formula is C24H38N6O3. The predicted molar refractivity (Wildman–Crippen MR) is 125 cm³/mol. The number of amides is 3. The molecule has 4 rings (SSSR count). The number of nitrogens with one attached hydrogen (secondary N) is 2. The molecule has 1 aromatic heterocycles. The number of nitrogens with zero attached hydrogens (tertiary/aromatic N) is 4. The quantitative estimate of drug-likeness (QED) is 0.579. The van der Waals surface area contributed by atoms with Crippen molar-refractivity contribution in [2.45, 2.75) is 83.3 Å². The molecule has 0 bridgehead atoms. The van der Waals surface area contributed by atoms with E-state index in [0.717, 1.165) is 51.7 Å². The smallest absolute Gasteiger partial charge is 0.273 e. The Bertz CT molecular complexity index is 872. The first-order valence-electron chi connectivity index (χ1n) is 12.6. The van der Waals surface area contributed by atoms with Gasteiger partial charge in [-0.3, -0.25) is 19.1 Å². The lowest BCUT2D eigenvalue weighted by Gasteiger charge is -2.43. The standard InChI is InChI=1S/C24H38N6O3/c1-3-29-22(32)20-16-19(21(31)25-12-9-15-28-13-7-4-8-14-28)27-30(20)17-24(29,2)23(33)26-18-10-5-6-11-18/h16,18H,3-15,17H2,1-2H3,(H,25,31)(H,26,33)/t24-/m1/s1. The van der Waals surface area contributed by atoms with Gasteiger partial charge < -0.3 is 20.4 Å². The molecule has 0 radical (unpaired) electrons. The molecule has 2 aliphatic heterocycles. The minimum atomic E-state index is -1.03. The largest absolute Gasteiger partial charge is 0.351 e. The third-order valence-electron chi connectivity index (χ3n) is 7.41. The van der Waals surface area contributed by atoms with Crippen LogP contribution >= 0.6 is 0 Å². The highest BCUT2D eigenvalue weighted by molar-refractivity contribution is 6.01. The number of likely N-dealkylation sites (tertiary alicyclic amines) is 1. The van der Waals surface area contributed by atoms with Crippen LogP contribution in [0.15, 0.2) is 6.07 Å². The Morgan fingerprint density at radius 2 is 1.88 bits per heavy atom. The van der Waals surface area contributed by atoms with Gasteiger partial charge in [0.1, 0.15) is 11.2 Å². The lowest BCUT2D eigenvalue weighted by Crippen LogP contribution is -2.64. The van der Waals surface area contributed by atoms with Crippen molar-refractivity contribution in [1.82, 2.24) is 30.2 Å². The second-order valence-electron chi connectivity index (χ2n) is 9.86. The lowest BCUT2D eigenvalue weighted by atomic mass is 9.94. The third kappa shape index (κ3) is 5.08. The molecule has 0 spiro atoms. The first-order valence-corrected chi connectivity index (χ1v) is 12.6. The van der Waals surface area contributed by atoms with Crippen molar-refractivity contribution < 1.29 is 14.4 Å². The fraction of sp³-hybridized carbons (Fsp3) is 0.750. The topological polar surface area (TPSA) is 99.6 Å². The molecule has 9 heteroatoms. The first-order chi connectivity index (χ1) is 15.9. The van der Waals surface area contributed by atoms with Crippen LogP contribution in [0.3, 0.4) is 0 Å². The van der Waals surface area contributed by atoms with Crippen molar-refractivity contribution in [3.8, 4) is 0 Å². The van der Waals surface area contributed by atoms with Crippen molar-refractivity contribution in [1.29, 1.82) is 0 Å².